The summed E-state index contributed by atoms with van der Waals surface area (Å²) >= 11 is 11.8. The van der Waals surface area contributed by atoms with Crippen molar-refractivity contribution in [2.24, 2.45) is 0 Å². The summed E-state index contributed by atoms with van der Waals surface area (Å²) < 4.78 is 0. The summed E-state index contributed by atoms with van der Waals surface area (Å²) in [6.07, 6.45) is 0.596. The molecule has 2 amide bonds. The van der Waals surface area contributed by atoms with E-state index in [1.165, 1.54) is 6.07 Å². The van der Waals surface area contributed by atoms with Gasteiger partial charge in [-0.05, 0) is 30.2 Å². The van der Waals surface area contributed by atoms with Crippen LogP contribution in [0.5, 0.6) is 0 Å². The SMILES string of the molecule is O=C(N[C@@H]1CCN(Cc2ccccc2)C1=O)c1ccc(Cl)c(Cl)c1. The molecule has 0 spiro atoms. The molecule has 0 aliphatic carbocycles. The highest BCUT2D eigenvalue weighted by molar-refractivity contribution is 6.42. The van der Waals surface area contributed by atoms with Crippen LogP contribution in [0.1, 0.15) is 22.3 Å². The Morgan fingerprint density at radius 3 is 2.58 bits per heavy atom. The summed E-state index contributed by atoms with van der Waals surface area (Å²) in [5.74, 6) is -0.388. The summed E-state index contributed by atoms with van der Waals surface area (Å²) in [6.45, 7) is 1.18. The highest BCUT2D eigenvalue weighted by Gasteiger charge is 2.32. The van der Waals surface area contributed by atoms with Gasteiger partial charge in [0.15, 0.2) is 0 Å². The van der Waals surface area contributed by atoms with Crippen molar-refractivity contribution in [2.75, 3.05) is 6.54 Å². The third-order valence-corrected chi connectivity index (χ3v) is 4.74. The van der Waals surface area contributed by atoms with Gasteiger partial charge in [0.25, 0.3) is 5.91 Å². The molecule has 2 aromatic carbocycles. The Morgan fingerprint density at radius 1 is 1.12 bits per heavy atom. The number of halogens is 2. The van der Waals surface area contributed by atoms with Crippen molar-refractivity contribution in [1.82, 2.24) is 10.2 Å². The Balaban J connectivity index is 1.63. The van der Waals surface area contributed by atoms with Crippen molar-refractivity contribution in [3.63, 3.8) is 0 Å². The highest BCUT2D eigenvalue weighted by Crippen LogP contribution is 2.23. The van der Waals surface area contributed by atoms with Gasteiger partial charge in [0, 0.05) is 18.7 Å². The first-order valence-electron chi connectivity index (χ1n) is 7.63. The lowest BCUT2D eigenvalue weighted by molar-refractivity contribution is -0.129. The molecule has 1 heterocycles. The number of amides is 2. The number of benzene rings is 2. The zero-order valence-corrected chi connectivity index (χ0v) is 14.3. The molecule has 6 heteroatoms. The normalized spacial score (nSPS) is 17.2. The number of nitrogens with zero attached hydrogens (tertiary/aromatic N) is 1. The van der Waals surface area contributed by atoms with Crippen LogP contribution >= 0.6 is 23.2 Å². The number of nitrogens with one attached hydrogen (secondary N) is 1. The van der Waals surface area contributed by atoms with Crippen LogP contribution in [0.4, 0.5) is 0 Å². The molecule has 0 unspecified atom stereocenters. The van der Waals surface area contributed by atoms with Crippen molar-refractivity contribution in [3.8, 4) is 0 Å². The van der Waals surface area contributed by atoms with Crippen molar-refractivity contribution < 1.29 is 9.59 Å². The molecule has 1 atom stereocenters. The third kappa shape index (κ3) is 3.71. The number of likely N-dealkylation sites (tertiary alicyclic amines) is 1. The van der Waals surface area contributed by atoms with Gasteiger partial charge in [-0.2, -0.15) is 0 Å². The predicted octanol–water partition coefficient (Wildman–Crippen LogP) is 3.52. The zero-order valence-electron chi connectivity index (χ0n) is 12.8. The van der Waals surface area contributed by atoms with E-state index in [1.54, 1.807) is 17.0 Å². The van der Waals surface area contributed by atoms with E-state index in [0.717, 1.165) is 5.56 Å². The number of hydrogen-bond donors (Lipinski definition) is 1. The van der Waals surface area contributed by atoms with E-state index in [9.17, 15) is 9.59 Å². The van der Waals surface area contributed by atoms with Crippen LogP contribution in [-0.2, 0) is 11.3 Å². The molecule has 0 saturated carbocycles. The lowest BCUT2D eigenvalue weighted by Gasteiger charge is -2.17. The Labute approximate surface area is 150 Å². The average Bonchev–Trinajstić information content (AvgIpc) is 2.91. The lowest BCUT2D eigenvalue weighted by atomic mass is 10.2. The fourth-order valence-electron chi connectivity index (χ4n) is 2.71. The lowest BCUT2D eigenvalue weighted by Crippen LogP contribution is -2.41. The molecule has 124 valence electrons. The smallest absolute Gasteiger partial charge is 0.251 e. The second-order valence-electron chi connectivity index (χ2n) is 5.69. The maximum absolute atomic E-state index is 12.5. The van der Waals surface area contributed by atoms with E-state index >= 15 is 0 Å². The van der Waals surface area contributed by atoms with E-state index in [1.807, 2.05) is 30.3 Å². The van der Waals surface area contributed by atoms with Crippen LogP contribution in [0.3, 0.4) is 0 Å². The second-order valence-corrected chi connectivity index (χ2v) is 6.50. The Bertz CT molecular complexity index is 765. The molecule has 4 nitrogen and oxygen atoms in total. The standard InChI is InChI=1S/C18H16Cl2N2O2/c19-14-7-6-13(10-15(14)20)17(23)21-16-8-9-22(18(16)24)11-12-4-2-1-3-5-12/h1-7,10,16H,8-9,11H2,(H,21,23)/t16-/m1/s1. The molecular weight excluding hydrogens is 347 g/mol. The average molecular weight is 363 g/mol. The van der Waals surface area contributed by atoms with Gasteiger partial charge in [0.05, 0.1) is 10.0 Å². The maximum atomic E-state index is 12.5. The molecule has 24 heavy (non-hydrogen) atoms. The molecule has 1 N–H and O–H groups in total. The van der Waals surface area contributed by atoms with E-state index in [2.05, 4.69) is 5.32 Å². The van der Waals surface area contributed by atoms with Gasteiger partial charge in [0.2, 0.25) is 5.91 Å². The minimum absolute atomic E-state index is 0.0627. The number of carbonyl (C=O) groups excluding carboxylic acids is 2. The fourth-order valence-corrected chi connectivity index (χ4v) is 3.01. The maximum Gasteiger partial charge on any atom is 0.251 e. The van der Waals surface area contributed by atoms with E-state index < -0.39 is 6.04 Å². The fraction of sp³-hybridized carbons (Fsp3) is 0.222. The van der Waals surface area contributed by atoms with Gasteiger partial charge in [-0.15, -0.1) is 0 Å². The second kappa shape index (κ2) is 7.24. The van der Waals surface area contributed by atoms with Crippen LogP contribution in [0.15, 0.2) is 48.5 Å². The summed E-state index contributed by atoms with van der Waals surface area (Å²) in [7, 11) is 0. The van der Waals surface area contributed by atoms with E-state index in [-0.39, 0.29) is 11.8 Å². The van der Waals surface area contributed by atoms with Crippen molar-refractivity contribution in [1.29, 1.82) is 0 Å². The van der Waals surface area contributed by atoms with Gasteiger partial charge in [0.1, 0.15) is 6.04 Å². The minimum Gasteiger partial charge on any atom is -0.340 e. The molecule has 3 rings (SSSR count). The summed E-state index contributed by atoms with van der Waals surface area (Å²) in [4.78, 5) is 26.5. The van der Waals surface area contributed by atoms with Gasteiger partial charge in [-0.1, -0.05) is 53.5 Å². The highest BCUT2D eigenvalue weighted by atomic mass is 35.5. The molecule has 1 fully saturated rings. The molecule has 0 bridgehead atoms. The van der Waals surface area contributed by atoms with E-state index in [0.29, 0.717) is 35.1 Å². The van der Waals surface area contributed by atoms with Crippen LogP contribution in [0.2, 0.25) is 10.0 Å². The van der Waals surface area contributed by atoms with Crippen LogP contribution < -0.4 is 5.32 Å². The summed E-state index contributed by atoms with van der Waals surface area (Å²) in [5.41, 5.74) is 1.46. The predicted molar refractivity (Wildman–Crippen MR) is 94.2 cm³/mol. The molecule has 2 aromatic rings. The van der Waals surface area contributed by atoms with Crippen LogP contribution in [-0.4, -0.2) is 29.3 Å². The molecule has 1 aliphatic rings. The number of rotatable bonds is 4. The first kappa shape index (κ1) is 16.8. The van der Waals surface area contributed by atoms with Gasteiger partial charge in [-0.25, -0.2) is 0 Å². The Morgan fingerprint density at radius 2 is 1.88 bits per heavy atom. The van der Waals surface area contributed by atoms with Crippen molar-refractivity contribution in [3.05, 3.63) is 69.7 Å². The topological polar surface area (TPSA) is 49.4 Å². The monoisotopic (exact) mass is 362 g/mol. The third-order valence-electron chi connectivity index (χ3n) is 4.00. The number of hydrogen-bond acceptors (Lipinski definition) is 2. The Hall–Kier alpha value is -2.04. The molecule has 1 aliphatic heterocycles. The molecule has 1 saturated heterocycles. The first-order chi connectivity index (χ1) is 11.5. The van der Waals surface area contributed by atoms with Gasteiger partial charge in [-0.3, -0.25) is 9.59 Å². The first-order valence-corrected chi connectivity index (χ1v) is 8.39. The minimum atomic E-state index is -0.504. The molecule has 0 radical (unpaired) electrons. The molecule has 0 aromatic heterocycles. The number of carbonyl (C=O) groups is 2. The summed E-state index contributed by atoms with van der Waals surface area (Å²) in [5, 5.41) is 3.48. The summed E-state index contributed by atoms with van der Waals surface area (Å²) in [6, 6.07) is 13.9. The largest absolute Gasteiger partial charge is 0.340 e. The van der Waals surface area contributed by atoms with Crippen molar-refractivity contribution in [2.45, 2.75) is 19.0 Å². The van der Waals surface area contributed by atoms with Crippen LogP contribution in [0, 0.1) is 0 Å². The molecular formula is C18H16Cl2N2O2. The van der Waals surface area contributed by atoms with Crippen molar-refractivity contribution >= 4 is 35.0 Å². The van der Waals surface area contributed by atoms with Crippen LogP contribution in [0.25, 0.3) is 0 Å². The Kier molecular flexibility index (Phi) is 5.07. The quantitative estimate of drug-likeness (QED) is 0.904. The van der Waals surface area contributed by atoms with E-state index in [4.69, 9.17) is 23.2 Å². The van der Waals surface area contributed by atoms with Gasteiger partial charge >= 0.3 is 0 Å². The van der Waals surface area contributed by atoms with Gasteiger partial charge < -0.3 is 10.2 Å². The zero-order chi connectivity index (χ0) is 17.1.